The Morgan fingerprint density at radius 3 is 2.56 bits per heavy atom. The van der Waals surface area contributed by atoms with Gasteiger partial charge in [-0.15, -0.1) is 0 Å². The highest BCUT2D eigenvalue weighted by Gasteiger charge is 2.24. The molecule has 1 aliphatic rings. The summed E-state index contributed by atoms with van der Waals surface area (Å²) in [4.78, 5) is 18.7. The molecule has 3 rings (SSSR count). The number of carbonyl (C=O) groups excluding carboxylic acids is 1. The third-order valence-electron chi connectivity index (χ3n) is 4.95. The second kappa shape index (κ2) is 7.17. The summed E-state index contributed by atoms with van der Waals surface area (Å²) in [5.41, 5.74) is 5.83. The van der Waals surface area contributed by atoms with Gasteiger partial charge in [0.1, 0.15) is 0 Å². The SMILES string of the molecule is Cc1cc(CN(C)C(=O)N2CCN(c3cccc(C)c3C)CC2)n[nH]1. The number of aromatic nitrogens is 2. The van der Waals surface area contributed by atoms with Crippen molar-refractivity contribution in [1.29, 1.82) is 0 Å². The predicted molar refractivity (Wildman–Crippen MR) is 99.9 cm³/mol. The number of amides is 2. The molecule has 0 radical (unpaired) electrons. The summed E-state index contributed by atoms with van der Waals surface area (Å²) in [6.07, 6.45) is 0. The molecule has 2 aromatic rings. The van der Waals surface area contributed by atoms with E-state index in [1.54, 1.807) is 4.90 Å². The second-order valence-corrected chi connectivity index (χ2v) is 6.87. The van der Waals surface area contributed by atoms with Crippen LogP contribution in [-0.4, -0.2) is 59.3 Å². The van der Waals surface area contributed by atoms with Crippen LogP contribution < -0.4 is 4.90 Å². The first-order valence-electron chi connectivity index (χ1n) is 8.78. The fourth-order valence-corrected chi connectivity index (χ4v) is 3.32. The maximum absolute atomic E-state index is 12.7. The number of rotatable bonds is 3. The van der Waals surface area contributed by atoms with E-state index in [9.17, 15) is 4.79 Å². The fraction of sp³-hybridized carbons (Fsp3) is 0.474. The number of H-pyrrole nitrogens is 1. The minimum atomic E-state index is 0.0706. The first-order chi connectivity index (χ1) is 12.0. The molecule has 1 N–H and O–H groups in total. The number of aryl methyl sites for hydroxylation is 2. The zero-order chi connectivity index (χ0) is 18.0. The second-order valence-electron chi connectivity index (χ2n) is 6.87. The molecule has 6 nitrogen and oxygen atoms in total. The molecule has 0 saturated carbocycles. The van der Waals surface area contributed by atoms with Crippen molar-refractivity contribution in [2.75, 3.05) is 38.1 Å². The van der Waals surface area contributed by atoms with Crippen molar-refractivity contribution in [3.8, 4) is 0 Å². The lowest BCUT2D eigenvalue weighted by atomic mass is 10.1. The zero-order valence-corrected chi connectivity index (χ0v) is 15.5. The fourth-order valence-electron chi connectivity index (χ4n) is 3.32. The van der Waals surface area contributed by atoms with Gasteiger partial charge in [-0.2, -0.15) is 5.10 Å². The van der Waals surface area contributed by atoms with Crippen LogP contribution in [0, 0.1) is 20.8 Å². The van der Waals surface area contributed by atoms with E-state index in [0.29, 0.717) is 6.54 Å². The van der Waals surface area contributed by atoms with Gasteiger partial charge >= 0.3 is 6.03 Å². The van der Waals surface area contributed by atoms with Gasteiger partial charge in [0, 0.05) is 44.6 Å². The van der Waals surface area contributed by atoms with Gasteiger partial charge in [0.05, 0.1) is 12.2 Å². The maximum atomic E-state index is 12.7. The lowest BCUT2D eigenvalue weighted by Gasteiger charge is -2.38. The van der Waals surface area contributed by atoms with E-state index in [-0.39, 0.29) is 6.03 Å². The zero-order valence-electron chi connectivity index (χ0n) is 15.5. The average molecular weight is 341 g/mol. The molecule has 0 bridgehead atoms. The lowest BCUT2D eigenvalue weighted by Crippen LogP contribution is -2.52. The summed E-state index contributed by atoms with van der Waals surface area (Å²) < 4.78 is 0. The first kappa shape index (κ1) is 17.3. The number of benzene rings is 1. The van der Waals surface area contributed by atoms with E-state index in [1.165, 1.54) is 16.8 Å². The van der Waals surface area contributed by atoms with Gasteiger partial charge < -0.3 is 14.7 Å². The lowest BCUT2D eigenvalue weighted by molar-refractivity contribution is 0.157. The molecule has 0 unspecified atom stereocenters. The van der Waals surface area contributed by atoms with Crippen molar-refractivity contribution in [3.63, 3.8) is 0 Å². The molecule has 1 aliphatic heterocycles. The number of aromatic amines is 1. The smallest absolute Gasteiger partial charge is 0.320 e. The largest absolute Gasteiger partial charge is 0.368 e. The van der Waals surface area contributed by atoms with Gasteiger partial charge in [0.2, 0.25) is 0 Å². The predicted octanol–water partition coefficient (Wildman–Crippen LogP) is 2.71. The monoisotopic (exact) mass is 341 g/mol. The summed E-state index contributed by atoms with van der Waals surface area (Å²) in [6.45, 7) is 10.0. The van der Waals surface area contributed by atoms with Crippen LogP contribution >= 0.6 is 0 Å². The normalized spacial score (nSPS) is 14.7. The van der Waals surface area contributed by atoms with Gasteiger partial charge in [-0.1, -0.05) is 12.1 Å². The molecule has 2 heterocycles. The van der Waals surface area contributed by atoms with Crippen LogP contribution in [0.15, 0.2) is 24.3 Å². The molecular weight excluding hydrogens is 314 g/mol. The van der Waals surface area contributed by atoms with E-state index in [1.807, 2.05) is 24.9 Å². The van der Waals surface area contributed by atoms with Crippen molar-refractivity contribution in [1.82, 2.24) is 20.0 Å². The summed E-state index contributed by atoms with van der Waals surface area (Å²) in [6, 6.07) is 8.47. The van der Waals surface area contributed by atoms with Crippen LogP contribution in [0.25, 0.3) is 0 Å². The van der Waals surface area contributed by atoms with Crippen LogP contribution in [0.4, 0.5) is 10.5 Å². The topological polar surface area (TPSA) is 55.5 Å². The Labute approximate surface area is 149 Å². The van der Waals surface area contributed by atoms with Gasteiger partial charge in [-0.25, -0.2) is 4.79 Å². The molecule has 0 atom stereocenters. The highest BCUT2D eigenvalue weighted by molar-refractivity contribution is 5.74. The molecular formula is C19H27N5O. The van der Waals surface area contributed by atoms with Gasteiger partial charge in [0.25, 0.3) is 0 Å². The molecule has 0 aliphatic carbocycles. The van der Waals surface area contributed by atoms with Crippen molar-refractivity contribution < 1.29 is 4.79 Å². The number of nitrogens with one attached hydrogen (secondary N) is 1. The van der Waals surface area contributed by atoms with Gasteiger partial charge in [-0.05, 0) is 44.0 Å². The molecule has 6 heteroatoms. The van der Waals surface area contributed by atoms with Crippen molar-refractivity contribution in [2.45, 2.75) is 27.3 Å². The summed E-state index contributed by atoms with van der Waals surface area (Å²) in [7, 11) is 1.84. The minimum absolute atomic E-state index is 0.0706. The van der Waals surface area contributed by atoms with Crippen LogP contribution in [0.1, 0.15) is 22.5 Å². The van der Waals surface area contributed by atoms with Crippen molar-refractivity contribution in [3.05, 3.63) is 46.8 Å². The molecule has 1 fully saturated rings. The Hall–Kier alpha value is -2.50. The Morgan fingerprint density at radius 2 is 1.92 bits per heavy atom. The number of hydrogen-bond donors (Lipinski definition) is 1. The number of carbonyl (C=O) groups is 1. The first-order valence-corrected chi connectivity index (χ1v) is 8.78. The Kier molecular flexibility index (Phi) is 4.97. The minimum Gasteiger partial charge on any atom is -0.368 e. The number of piperazine rings is 1. The third-order valence-corrected chi connectivity index (χ3v) is 4.95. The number of anilines is 1. The average Bonchev–Trinajstić information content (AvgIpc) is 3.01. The van der Waals surface area contributed by atoms with E-state index in [2.05, 4.69) is 47.1 Å². The highest BCUT2D eigenvalue weighted by atomic mass is 16.2. The van der Waals surface area contributed by atoms with E-state index < -0.39 is 0 Å². The van der Waals surface area contributed by atoms with Crippen LogP contribution in [0.3, 0.4) is 0 Å². The Bertz CT molecular complexity index is 746. The molecule has 134 valence electrons. The number of urea groups is 1. The summed E-state index contributed by atoms with van der Waals surface area (Å²) in [5, 5.41) is 7.13. The van der Waals surface area contributed by atoms with Gasteiger partial charge in [0.15, 0.2) is 0 Å². The van der Waals surface area contributed by atoms with Crippen LogP contribution in [0.2, 0.25) is 0 Å². The van der Waals surface area contributed by atoms with Crippen LogP contribution in [0.5, 0.6) is 0 Å². The number of nitrogens with zero attached hydrogens (tertiary/aromatic N) is 4. The maximum Gasteiger partial charge on any atom is 0.320 e. The third kappa shape index (κ3) is 3.78. The van der Waals surface area contributed by atoms with Crippen molar-refractivity contribution >= 4 is 11.7 Å². The number of hydrogen-bond acceptors (Lipinski definition) is 3. The molecule has 1 aromatic heterocycles. The van der Waals surface area contributed by atoms with E-state index >= 15 is 0 Å². The van der Waals surface area contributed by atoms with E-state index in [4.69, 9.17) is 0 Å². The molecule has 0 spiro atoms. The molecule has 25 heavy (non-hydrogen) atoms. The highest BCUT2D eigenvalue weighted by Crippen LogP contribution is 2.24. The summed E-state index contributed by atoms with van der Waals surface area (Å²) >= 11 is 0. The van der Waals surface area contributed by atoms with Gasteiger partial charge in [-0.3, -0.25) is 5.10 Å². The van der Waals surface area contributed by atoms with Crippen LogP contribution in [-0.2, 0) is 6.54 Å². The molecule has 1 aromatic carbocycles. The molecule has 2 amide bonds. The van der Waals surface area contributed by atoms with Crippen molar-refractivity contribution in [2.24, 2.45) is 0 Å². The molecule has 1 saturated heterocycles. The summed E-state index contributed by atoms with van der Waals surface area (Å²) in [5.74, 6) is 0. The standard InChI is InChI=1S/C19H27N5O/c1-14-6-5-7-18(16(14)3)23-8-10-24(11-9-23)19(25)22(4)13-17-12-15(2)20-21-17/h5-7,12H,8-11,13H2,1-4H3,(H,20,21). The Morgan fingerprint density at radius 1 is 1.20 bits per heavy atom. The quantitative estimate of drug-likeness (QED) is 0.934. The Balaban J connectivity index is 1.58. The van der Waals surface area contributed by atoms with E-state index in [0.717, 1.165) is 37.6 Å².